The molecule has 0 bridgehead atoms. The molecule has 2 aliphatic heterocycles. The number of amides is 2. The second kappa shape index (κ2) is 7.31. The molecule has 2 heterocycles. The quantitative estimate of drug-likeness (QED) is 0.745. The summed E-state index contributed by atoms with van der Waals surface area (Å²) < 4.78 is 22.5. The largest absolute Gasteiger partial charge is 0.486 e. The molecule has 0 atom stereocenters. The minimum absolute atomic E-state index is 0.236. The van der Waals surface area contributed by atoms with Crippen LogP contribution >= 0.6 is 0 Å². The summed E-state index contributed by atoms with van der Waals surface area (Å²) >= 11 is 0. The van der Waals surface area contributed by atoms with E-state index in [2.05, 4.69) is 0 Å². The highest BCUT2D eigenvalue weighted by atomic mass is 16.6. The van der Waals surface area contributed by atoms with Crippen LogP contribution in [0.4, 0.5) is 10.5 Å². The summed E-state index contributed by atoms with van der Waals surface area (Å²) in [6, 6.07) is 10.7. The molecule has 0 radical (unpaired) electrons. The van der Waals surface area contributed by atoms with E-state index in [-0.39, 0.29) is 12.3 Å². The Labute approximate surface area is 169 Å². The molecule has 0 aliphatic carbocycles. The Balaban J connectivity index is 1.57. The Kier molecular flexibility index (Phi) is 4.82. The lowest BCUT2D eigenvalue weighted by Gasteiger charge is -2.30. The van der Waals surface area contributed by atoms with Crippen LogP contribution in [-0.4, -0.2) is 30.8 Å². The number of carbonyl (C=O) groups excluding carboxylic acids is 2. The second-order valence-corrected chi connectivity index (χ2v) is 7.91. The molecule has 0 unspecified atom stereocenters. The molecule has 2 aromatic carbocycles. The monoisotopic (exact) mass is 397 g/mol. The third kappa shape index (κ3) is 4.13. The number of fused-ring (bicyclic) bond motifs is 2. The molecule has 7 heteroatoms. The van der Waals surface area contributed by atoms with E-state index in [0.717, 1.165) is 10.5 Å². The molecule has 2 amide bonds. The van der Waals surface area contributed by atoms with Crippen molar-refractivity contribution in [1.82, 2.24) is 0 Å². The van der Waals surface area contributed by atoms with E-state index in [1.165, 1.54) is 0 Å². The predicted molar refractivity (Wildman–Crippen MR) is 106 cm³/mol. The van der Waals surface area contributed by atoms with Crippen molar-refractivity contribution in [3.05, 3.63) is 42.0 Å². The lowest BCUT2D eigenvalue weighted by atomic mass is 10.0. The van der Waals surface area contributed by atoms with E-state index in [4.69, 9.17) is 18.9 Å². The van der Waals surface area contributed by atoms with Gasteiger partial charge in [-0.25, -0.2) is 9.69 Å². The van der Waals surface area contributed by atoms with Crippen LogP contribution in [0.5, 0.6) is 23.0 Å². The van der Waals surface area contributed by atoms with Gasteiger partial charge in [0.1, 0.15) is 30.3 Å². The first kappa shape index (κ1) is 19.1. The van der Waals surface area contributed by atoms with Crippen molar-refractivity contribution in [2.45, 2.75) is 39.2 Å². The van der Waals surface area contributed by atoms with Crippen molar-refractivity contribution in [3.8, 4) is 23.0 Å². The molecule has 4 rings (SSSR count). The molecular weight excluding hydrogens is 374 g/mol. The van der Waals surface area contributed by atoms with Crippen molar-refractivity contribution in [2.24, 2.45) is 0 Å². The first-order valence-corrected chi connectivity index (χ1v) is 9.56. The Morgan fingerprint density at radius 3 is 2.41 bits per heavy atom. The van der Waals surface area contributed by atoms with Crippen molar-refractivity contribution < 1.29 is 28.5 Å². The van der Waals surface area contributed by atoms with Crippen LogP contribution in [0.1, 0.15) is 32.8 Å². The smallest absolute Gasteiger partial charge is 0.421 e. The summed E-state index contributed by atoms with van der Waals surface area (Å²) in [5, 5.41) is 0. The number of hydrogen-bond donors (Lipinski definition) is 0. The van der Waals surface area contributed by atoms with Crippen molar-refractivity contribution in [1.29, 1.82) is 0 Å². The van der Waals surface area contributed by atoms with Gasteiger partial charge >= 0.3 is 6.09 Å². The molecular formula is C22H23NO6. The van der Waals surface area contributed by atoms with E-state index in [0.29, 0.717) is 48.3 Å². The Bertz CT molecular complexity index is 962. The zero-order valence-electron chi connectivity index (χ0n) is 16.7. The topological polar surface area (TPSA) is 74.3 Å². The molecule has 0 fully saturated rings. The van der Waals surface area contributed by atoms with E-state index in [1.807, 2.05) is 18.2 Å². The van der Waals surface area contributed by atoms with E-state index in [1.54, 1.807) is 39.0 Å². The zero-order chi connectivity index (χ0) is 20.6. The van der Waals surface area contributed by atoms with Crippen LogP contribution in [0.15, 0.2) is 36.4 Å². The highest BCUT2D eigenvalue weighted by molar-refractivity contribution is 6.14. The van der Waals surface area contributed by atoms with E-state index >= 15 is 0 Å². The Hall–Kier alpha value is -3.22. The number of carbonyl (C=O) groups is 2. The van der Waals surface area contributed by atoms with Crippen molar-refractivity contribution in [2.75, 3.05) is 18.1 Å². The van der Waals surface area contributed by atoms with Gasteiger partial charge in [-0.1, -0.05) is 0 Å². The van der Waals surface area contributed by atoms with Crippen molar-refractivity contribution in [3.63, 3.8) is 0 Å². The van der Waals surface area contributed by atoms with Gasteiger partial charge in [0.05, 0.1) is 5.69 Å². The van der Waals surface area contributed by atoms with Crippen LogP contribution in [0.2, 0.25) is 0 Å². The lowest BCUT2D eigenvalue weighted by molar-refractivity contribution is -0.118. The fourth-order valence-electron chi connectivity index (χ4n) is 3.26. The zero-order valence-corrected chi connectivity index (χ0v) is 16.7. The minimum atomic E-state index is -0.684. The Morgan fingerprint density at radius 2 is 1.66 bits per heavy atom. The molecule has 0 N–H and O–H groups in total. The minimum Gasteiger partial charge on any atom is -0.486 e. The molecule has 152 valence electrons. The van der Waals surface area contributed by atoms with Gasteiger partial charge in [0.25, 0.3) is 0 Å². The predicted octanol–water partition coefficient (Wildman–Crippen LogP) is 4.46. The Morgan fingerprint density at radius 1 is 0.966 bits per heavy atom. The number of ether oxygens (including phenoxy) is 4. The molecule has 2 aliphatic rings. The summed E-state index contributed by atoms with van der Waals surface area (Å²) in [6.45, 7) is 6.34. The van der Waals surface area contributed by atoms with Crippen LogP contribution in [0, 0.1) is 0 Å². The van der Waals surface area contributed by atoms with Gasteiger partial charge in [0, 0.05) is 12.5 Å². The summed E-state index contributed by atoms with van der Waals surface area (Å²) in [4.78, 5) is 26.0. The maximum Gasteiger partial charge on any atom is 0.421 e. The van der Waals surface area contributed by atoms with Crippen LogP contribution in [0.25, 0.3) is 0 Å². The van der Waals surface area contributed by atoms with Gasteiger partial charge < -0.3 is 18.9 Å². The lowest BCUT2D eigenvalue weighted by Crippen LogP contribution is -2.43. The SMILES string of the molecule is CC(C)(C)OC(=O)N1C(=O)CCc2cc(Oc3ccc4c(c3)OCCO4)ccc21. The maximum atomic E-state index is 12.5. The fraction of sp³-hybridized carbons (Fsp3) is 0.364. The third-order valence-corrected chi connectivity index (χ3v) is 4.47. The highest BCUT2D eigenvalue weighted by Crippen LogP contribution is 2.37. The average Bonchev–Trinajstić information content (AvgIpc) is 2.66. The second-order valence-electron chi connectivity index (χ2n) is 7.91. The van der Waals surface area contributed by atoms with Crippen LogP contribution in [-0.2, 0) is 16.0 Å². The third-order valence-electron chi connectivity index (χ3n) is 4.47. The van der Waals surface area contributed by atoms with Gasteiger partial charge in [-0.15, -0.1) is 0 Å². The first-order valence-electron chi connectivity index (χ1n) is 9.56. The number of anilines is 1. The van der Waals surface area contributed by atoms with E-state index in [9.17, 15) is 9.59 Å². The van der Waals surface area contributed by atoms with Crippen LogP contribution < -0.4 is 19.1 Å². The summed E-state index contributed by atoms with van der Waals surface area (Å²) in [5.41, 5.74) is 0.700. The van der Waals surface area contributed by atoms with Gasteiger partial charge in [-0.3, -0.25) is 4.79 Å². The van der Waals surface area contributed by atoms with Gasteiger partial charge in [0.15, 0.2) is 11.5 Å². The van der Waals surface area contributed by atoms with E-state index < -0.39 is 11.7 Å². The average molecular weight is 397 g/mol. The van der Waals surface area contributed by atoms with Gasteiger partial charge in [0.2, 0.25) is 5.91 Å². The molecule has 29 heavy (non-hydrogen) atoms. The molecule has 0 spiro atoms. The molecule has 7 nitrogen and oxygen atoms in total. The first-order chi connectivity index (χ1) is 13.8. The fourth-order valence-corrected chi connectivity index (χ4v) is 3.26. The molecule has 0 aromatic heterocycles. The normalized spacial score (nSPS) is 15.6. The molecule has 2 aromatic rings. The molecule has 0 saturated heterocycles. The maximum absolute atomic E-state index is 12.5. The molecule has 0 saturated carbocycles. The highest BCUT2D eigenvalue weighted by Gasteiger charge is 2.33. The number of nitrogens with zero attached hydrogens (tertiary/aromatic N) is 1. The number of rotatable bonds is 2. The van der Waals surface area contributed by atoms with Gasteiger partial charge in [-0.2, -0.15) is 0 Å². The van der Waals surface area contributed by atoms with Crippen LogP contribution in [0.3, 0.4) is 0 Å². The summed E-state index contributed by atoms with van der Waals surface area (Å²) in [6.07, 6.45) is 0.106. The standard InChI is InChI=1S/C22H23NO6/c1-22(2,3)29-21(25)23-17-7-5-15(12-14(17)4-9-20(23)24)28-16-6-8-18-19(13-16)27-11-10-26-18/h5-8,12-13H,4,9-11H2,1-3H3. The number of imide groups is 1. The number of hydrogen-bond acceptors (Lipinski definition) is 6. The number of benzene rings is 2. The van der Waals surface area contributed by atoms with Gasteiger partial charge in [-0.05, 0) is 63.1 Å². The van der Waals surface area contributed by atoms with Crippen molar-refractivity contribution >= 4 is 17.7 Å². The number of aryl methyl sites for hydroxylation is 1. The summed E-state index contributed by atoms with van der Waals surface area (Å²) in [7, 11) is 0. The summed E-state index contributed by atoms with van der Waals surface area (Å²) in [5.74, 6) is 2.30.